The average molecular weight is 271 g/mol. The van der Waals surface area contributed by atoms with E-state index in [1.165, 1.54) is 0 Å². The van der Waals surface area contributed by atoms with E-state index in [4.69, 9.17) is 9.88 Å². The molecule has 1 aromatic carbocycles. The molecule has 0 atom stereocenters. The second-order valence-electron chi connectivity index (χ2n) is 5.02. The highest BCUT2D eigenvalue weighted by atomic mass is 32.2. The zero-order valence-corrected chi connectivity index (χ0v) is 12.3. The van der Waals surface area contributed by atoms with Gasteiger partial charge in [-0.1, -0.05) is 13.8 Å². The van der Waals surface area contributed by atoms with Crippen LogP contribution >= 0.6 is 0 Å². The summed E-state index contributed by atoms with van der Waals surface area (Å²) < 4.78 is 28.7. The van der Waals surface area contributed by atoms with E-state index in [-0.39, 0.29) is 16.9 Å². The molecule has 102 valence electrons. The summed E-state index contributed by atoms with van der Waals surface area (Å²) in [6.07, 6.45) is 0.0437. The van der Waals surface area contributed by atoms with Crippen molar-refractivity contribution >= 4 is 10.0 Å². The van der Waals surface area contributed by atoms with E-state index in [9.17, 15) is 8.42 Å². The van der Waals surface area contributed by atoms with Crippen LogP contribution in [0.15, 0.2) is 17.0 Å². The van der Waals surface area contributed by atoms with Crippen molar-refractivity contribution < 1.29 is 13.2 Å². The Hall–Kier alpha value is -1.07. The third-order valence-corrected chi connectivity index (χ3v) is 3.65. The van der Waals surface area contributed by atoms with Crippen molar-refractivity contribution in [2.75, 3.05) is 0 Å². The lowest BCUT2D eigenvalue weighted by Gasteiger charge is -2.18. The number of sulfonamides is 1. The third kappa shape index (κ3) is 3.46. The van der Waals surface area contributed by atoms with Gasteiger partial charge in [0.15, 0.2) is 0 Å². The van der Waals surface area contributed by atoms with Crippen molar-refractivity contribution in [1.29, 1.82) is 0 Å². The van der Waals surface area contributed by atoms with Gasteiger partial charge in [0.05, 0.1) is 11.0 Å². The maximum absolute atomic E-state index is 11.5. The first-order valence-corrected chi connectivity index (χ1v) is 7.51. The molecule has 0 aliphatic carbocycles. The predicted molar refractivity (Wildman–Crippen MR) is 72.4 cm³/mol. The Morgan fingerprint density at radius 1 is 1.17 bits per heavy atom. The quantitative estimate of drug-likeness (QED) is 0.915. The van der Waals surface area contributed by atoms with Crippen LogP contribution in [0.3, 0.4) is 0 Å². The molecule has 0 amide bonds. The largest absolute Gasteiger partial charge is 0.491 e. The monoisotopic (exact) mass is 271 g/mol. The van der Waals surface area contributed by atoms with Crippen LogP contribution in [-0.4, -0.2) is 14.5 Å². The highest BCUT2D eigenvalue weighted by Crippen LogP contribution is 2.31. The van der Waals surface area contributed by atoms with Crippen molar-refractivity contribution in [3.8, 4) is 5.75 Å². The molecule has 0 radical (unpaired) electrons. The van der Waals surface area contributed by atoms with Gasteiger partial charge in [0, 0.05) is 0 Å². The topological polar surface area (TPSA) is 69.4 Å². The minimum absolute atomic E-state index is 0.0437. The van der Waals surface area contributed by atoms with Crippen LogP contribution in [0, 0.1) is 6.92 Å². The summed E-state index contributed by atoms with van der Waals surface area (Å²) in [4.78, 5) is 0.169. The molecule has 18 heavy (non-hydrogen) atoms. The molecule has 0 aliphatic heterocycles. The molecule has 1 aromatic rings. The predicted octanol–water partition coefficient (Wildman–Crippen LogP) is 2.55. The molecule has 0 aliphatic rings. The molecular weight excluding hydrogens is 250 g/mol. The lowest BCUT2D eigenvalue weighted by atomic mass is 10.0. The van der Waals surface area contributed by atoms with E-state index in [2.05, 4.69) is 0 Å². The fourth-order valence-corrected chi connectivity index (χ4v) is 2.59. The Morgan fingerprint density at radius 3 is 2.11 bits per heavy atom. The fourth-order valence-electron chi connectivity index (χ4n) is 1.79. The molecule has 1 rings (SSSR count). The second-order valence-corrected chi connectivity index (χ2v) is 6.55. The van der Waals surface area contributed by atoms with Crippen molar-refractivity contribution in [3.05, 3.63) is 23.3 Å². The van der Waals surface area contributed by atoms with Gasteiger partial charge >= 0.3 is 0 Å². The molecule has 0 fully saturated rings. The second kappa shape index (κ2) is 5.28. The van der Waals surface area contributed by atoms with Gasteiger partial charge in [0.1, 0.15) is 5.75 Å². The van der Waals surface area contributed by atoms with E-state index in [0.29, 0.717) is 5.56 Å². The minimum atomic E-state index is -3.69. The van der Waals surface area contributed by atoms with E-state index in [1.807, 2.05) is 27.7 Å². The summed E-state index contributed by atoms with van der Waals surface area (Å²) in [7, 11) is -3.69. The maximum Gasteiger partial charge on any atom is 0.238 e. The molecule has 0 aromatic heterocycles. The van der Waals surface area contributed by atoms with Gasteiger partial charge in [0.25, 0.3) is 0 Å². The molecule has 0 bridgehead atoms. The molecule has 0 saturated heterocycles. The Balaban J connectivity index is 3.44. The molecule has 5 heteroatoms. The highest BCUT2D eigenvalue weighted by Gasteiger charge is 2.18. The number of ether oxygens (including phenoxy) is 1. The van der Waals surface area contributed by atoms with Crippen LogP contribution in [0.4, 0.5) is 0 Å². The molecule has 0 heterocycles. The average Bonchev–Trinajstić information content (AvgIpc) is 2.13. The summed E-state index contributed by atoms with van der Waals surface area (Å²) in [5.41, 5.74) is 1.47. The zero-order chi connectivity index (χ0) is 14.1. The normalized spacial score (nSPS) is 12.2. The van der Waals surface area contributed by atoms with E-state index in [0.717, 1.165) is 11.3 Å². The summed E-state index contributed by atoms with van der Waals surface area (Å²) in [6, 6.07) is 3.36. The number of aryl methyl sites for hydroxylation is 1. The van der Waals surface area contributed by atoms with Crippen LogP contribution in [0.2, 0.25) is 0 Å². The lowest BCUT2D eigenvalue weighted by Crippen LogP contribution is -2.15. The van der Waals surface area contributed by atoms with Gasteiger partial charge in [-0.15, -0.1) is 0 Å². The molecule has 0 spiro atoms. The number of hydrogen-bond donors (Lipinski definition) is 1. The first-order valence-electron chi connectivity index (χ1n) is 5.97. The lowest BCUT2D eigenvalue weighted by molar-refractivity contribution is 0.239. The highest BCUT2D eigenvalue weighted by molar-refractivity contribution is 7.89. The van der Waals surface area contributed by atoms with Crippen LogP contribution < -0.4 is 9.88 Å². The standard InChI is InChI=1S/C13H21NO3S/c1-8(2)11-7-13(18(14,15)16)10(5)6-12(11)17-9(3)4/h6-9H,1-5H3,(H2,14,15,16). The Labute approximate surface area is 109 Å². The van der Waals surface area contributed by atoms with E-state index < -0.39 is 10.0 Å². The van der Waals surface area contributed by atoms with Gasteiger partial charge < -0.3 is 4.74 Å². The van der Waals surface area contributed by atoms with Crippen LogP contribution in [0.1, 0.15) is 44.7 Å². The van der Waals surface area contributed by atoms with Gasteiger partial charge in [0.2, 0.25) is 10.0 Å². The number of rotatable bonds is 4. The van der Waals surface area contributed by atoms with Crippen molar-refractivity contribution in [2.45, 2.75) is 51.5 Å². The molecular formula is C13H21NO3S. The van der Waals surface area contributed by atoms with Gasteiger partial charge in [-0.3, -0.25) is 0 Å². The van der Waals surface area contributed by atoms with Gasteiger partial charge in [-0.25, -0.2) is 13.6 Å². The molecule has 2 N–H and O–H groups in total. The summed E-state index contributed by atoms with van der Waals surface area (Å²) >= 11 is 0. The summed E-state index contributed by atoms with van der Waals surface area (Å²) in [5, 5.41) is 5.21. The minimum Gasteiger partial charge on any atom is -0.491 e. The fraction of sp³-hybridized carbons (Fsp3) is 0.538. The van der Waals surface area contributed by atoms with Crippen molar-refractivity contribution in [2.24, 2.45) is 5.14 Å². The number of primary sulfonamides is 1. The van der Waals surface area contributed by atoms with Crippen LogP contribution in [0.5, 0.6) is 5.75 Å². The summed E-state index contributed by atoms with van der Waals surface area (Å²) in [6.45, 7) is 9.58. The van der Waals surface area contributed by atoms with Crippen molar-refractivity contribution in [1.82, 2.24) is 0 Å². The Bertz CT molecular complexity index is 533. The van der Waals surface area contributed by atoms with Gasteiger partial charge in [-0.2, -0.15) is 0 Å². The molecule has 4 nitrogen and oxygen atoms in total. The van der Waals surface area contributed by atoms with Crippen LogP contribution in [-0.2, 0) is 10.0 Å². The van der Waals surface area contributed by atoms with Gasteiger partial charge in [-0.05, 0) is 49.9 Å². The smallest absolute Gasteiger partial charge is 0.238 e. The van der Waals surface area contributed by atoms with E-state index >= 15 is 0 Å². The molecule has 0 unspecified atom stereocenters. The summed E-state index contributed by atoms with van der Waals surface area (Å²) in [5.74, 6) is 0.893. The zero-order valence-electron chi connectivity index (χ0n) is 11.5. The van der Waals surface area contributed by atoms with E-state index in [1.54, 1.807) is 19.1 Å². The maximum atomic E-state index is 11.5. The SMILES string of the molecule is Cc1cc(OC(C)C)c(C(C)C)cc1S(N)(=O)=O. The number of benzene rings is 1. The molecule has 0 saturated carbocycles. The number of nitrogens with two attached hydrogens (primary N) is 1. The Kier molecular flexibility index (Phi) is 4.40. The Morgan fingerprint density at radius 2 is 1.72 bits per heavy atom. The first kappa shape index (κ1) is 15.0. The third-order valence-electron chi connectivity index (χ3n) is 2.60. The first-order chi connectivity index (χ1) is 8.12. The van der Waals surface area contributed by atoms with Crippen molar-refractivity contribution in [3.63, 3.8) is 0 Å². The number of hydrogen-bond acceptors (Lipinski definition) is 3. The van der Waals surface area contributed by atoms with Crippen LogP contribution in [0.25, 0.3) is 0 Å².